The van der Waals surface area contributed by atoms with Gasteiger partial charge in [0.2, 0.25) is 0 Å². The lowest BCUT2D eigenvalue weighted by atomic mass is 10.2. The summed E-state index contributed by atoms with van der Waals surface area (Å²) < 4.78 is 5.52. The van der Waals surface area contributed by atoms with E-state index >= 15 is 0 Å². The highest BCUT2D eigenvalue weighted by Gasteiger charge is 2.08. The Kier molecular flexibility index (Phi) is 6.01. The SMILES string of the molecule is CCCOc1cccc(/C=N/NC(=O)c2ccc([N+](=O)[O-])cc2)c1. The quantitative estimate of drug-likeness (QED) is 0.480. The van der Waals surface area contributed by atoms with Gasteiger partial charge < -0.3 is 4.74 Å². The van der Waals surface area contributed by atoms with Crippen molar-refractivity contribution >= 4 is 17.8 Å². The molecule has 0 saturated heterocycles. The molecule has 7 heteroatoms. The Bertz CT molecular complexity index is 742. The minimum absolute atomic E-state index is 0.0704. The Morgan fingerprint density at radius 2 is 2.04 bits per heavy atom. The molecule has 7 nitrogen and oxygen atoms in total. The Hall–Kier alpha value is -3.22. The summed E-state index contributed by atoms with van der Waals surface area (Å²) in [6.45, 7) is 2.66. The first kappa shape index (κ1) is 17.1. The van der Waals surface area contributed by atoms with Gasteiger partial charge in [0.15, 0.2) is 0 Å². The van der Waals surface area contributed by atoms with Gasteiger partial charge in [-0.2, -0.15) is 5.10 Å². The van der Waals surface area contributed by atoms with Gasteiger partial charge in [0.25, 0.3) is 11.6 Å². The second kappa shape index (κ2) is 8.42. The standard InChI is InChI=1S/C17H17N3O4/c1-2-10-24-16-5-3-4-13(11-16)12-18-19-17(21)14-6-8-15(9-7-14)20(22)23/h3-9,11-12H,2,10H2,1H3,(H,19,21)/b18-12+. The molecule has 124 valence electrons. The maximum atomic E-state index is 11.9. The van der Waals surface area contributed by atoms with E-state index < -0.39 is 10.8 Å². The van der Waals surface area contributed by atoms with Crippen molar-refractivity contribution < 1.29 is 14.5 Å². The van der Waals surface area contributed by atoms with E-state index in [1.165, 1.54) is 30.5 Å². The van der Waals surface area contributed by atoms with Gasteiger partial charge in [0, 0.05) is 17.7 Å². The first-order valence-electron chi connectivity index (χ1n) is 7.41. The molecule has 2 aromatic carbocycles. The minimum atomic E-state index is -0.520. The molecule has 0 bridgehead atoms. The number of hydrazone groups is 1. The number of nitrogens with zero attached hydrogens (tertiary/aromatic N) is 2. The fraction of sp³-hybridized carbons (Fsp3) is 0.176. The van der Waals surface area contributed by atoms with Gasteiger partial charge in [-0.3, -0.25) is 14.9 Å². The molecule has 1 N–H and O–H groups in total. The van der Waals surface area contributed by atoms with E-state index in [0.717, 1.165) is 17.7 Å². The number of nitro benzene ring substituents is 1. The number of hydrogen-bond donors (Lipinski definition) is 1. The smallest absolute Gasteiger partial charge is 0.271 e. The van der Waals surface area contributed by atoms with Gasteiger partial charge >= 0.3 is 0 Å². The molecule has 0 unspecified atom stereocenters. The second-order valence-electron chi connectivity index (χ2n) is 4.92. The summed E-state index contributed by atoms with van der Waals surface area (Å²) in [6, 6.07) is 12.6. The zero-order valence-electron chi connectivity index (χ0n) is 13.1. The summed E-state index contributed by atoms with van der Waals surface area (Å²) in [5.41, 5.74) is 3.38. The molecule has 0 heterocycles. The van der Waals surface area contributed by atoms with Gasteiger partial charge in [0.1, 0.15) is 5.75 Å². The summed E-state index contributed by atoms with van der Waals surface area (Å²) in [5.74, 6) is 0.294. The Labute approximate surface area is 139 Å². The van der Waals surface area contributed by atoms with Gasteiger partial charge in [0.05, 0.1) is 17.7 Å². The number of nitro groups is 1. The van der Waals surface area contributed by atoms with E-state index in [4.69, 9.17) is 4.74 Å². The van der Waals surface area contributed by atoms with E-state index in [0.29, 0.717) is 6.61 Å². The van der Waals surface area contributed by atoms with Crippen LogP contribution in [0.4, 0.5) is 5.69 Å². The molecule has 2 aromatic rings. The lowest BCUT2D eigenvalue weighted by molar-refractivity contribution is -0.384. The molecule has 0 aliphatic carbocycles. The topological polar surface area (TPSA) is 93.8 Å². The monoisotopic (exact) mass is 327 g/mol. The predicted octanol–water partition coefficient (Wildman–Crippen LogP) is 3.15. The van der Waals surface area contributed by atoms with Crippen LogP contribution in [0.15, 0.2) is 53.6 Å². The van der Waals surface area contributed by atoms with Gasteiger partial charge in [-0.1, -0.05) is 19.1 Å². The van der Waals surface area contributed by atoms with Crippen LogP contribution in [0.1, 0.15) is 29.3 Å². The summed E-state index contributed by atoms with van der Waals surface area (Å²) in [5, 5.41) is 14.5. The first-order valence-corrected chi connectivity index (χ1v) is 7.41. The molecular weight excluding hydrogens is 310 g/mol. The third-order valence-corrected chi connectivity index (χ3v) is 3.05. The first-order chi connectivity index (χ1) is 11.6. The molecule has 0 aliphatic heterocycles. The average Bonchev–Trinajstić information content (AvgIpc) is 2.60. The molecule has 0 aliphatic rings. The molecule has 0 aromatic heterocycles. The third-order valence-electron chi connectivity index (χ3n) is 3.05. The molecule has 0 fully saturated rings. The van der Waals surface area contributed by atoms with Crippen molar-refractivity contribution in [3.05, 3.63) is 69.8 Å². The van der Waals surface area contributed by atoms with Crippen LogP contribution < -0.4 is 10.2 Å². The van der Waals surface area contributed by atoms with Crippen LogP contribution in [0.25, 0.3) is 0 Å². The number of carbonyl (C=O) groups excluding carboxylic acids is 1. The Balaban J connectivity index is 1.95. The minimum Gasteiger partial charge on any atom is -0.494 e. The van der Waals surface area contributed by atoms with Crippen LogP contribution in [-0.4, -0.2) is 23.7 Å². The van der Waals surface area contributed by atoms with Gasteiger partial charge in [-0.05, 0) is 36.2 Å². The average molecular weight is 327 g/mol. The van der Waals surface area contributed by atoms with Crippen molar-refractivity contribution in [1.82, 2.24) is 5.43 Å². The number of carbonyl (C=O) groups is 1. The van der Waals surface area contributed by atoms with Crippen molar-refractivity contribution in [2.24, 2.45) is 5.10 Å². The van der Waals surface area contributed by atoms with Crippen molar-refractivity contribution in [1.29, 1.82) is 0 Å². The van der Waals surface area contributed by atoms with Gasteiger partial charge in [-0.15, -0.1) is 0 Å². The highest BCUT2D eigenvalue weighted by molar-refractivity contribution is 5.95. The van der Waals surface area contributed by atoms with E-state index in [2.05, 4.69) is 10.5 Å². The molecular formula is C17H17N3O4. The van der Waals surface area contributed by atoms with Crippen LogP contribution in [0.5, 0.6) is 5.75 Å². The molecule has 24 heavy (non-hydrogen) atoms. The van der Waals surface area contributed by atoms with E-state index in [9.17, 15) is 14.9 Å². The summed E-state index contributed by atoms with van der Waals surface area (Å²) >= 11 is 0. The maximum absolute atomic E-state index is 11.9. The number of ether oxygens (including phenoxy) is 1. The number of non-ortho nitro benzene ring substituents is 1. The molecule has 2 rings (SSSR count). The fourth-order valence-electron chi connectivity index (χ4n) is 1.87. The molecule has 0 saturated carbocycles. The lowest BCUT2D eigenvalue weighted by Crippen LogP contribution is -2.17. The van der Waals surface area contributed by atoms with Crippen molar-refractivity contribution in [2.45, 2.75) is 13.3 Å². The molecule has 0 radical (unpaired) electrons. The predicted molar refractivity (Wildman–Crippen MR) is 90.4 cm³/mol. The Morgan fingerprint density at radius 3 is 2.71 bits per heavy atom. The number of amides is 1. The van der Waals surface area contributed by atoms with Crippen molar-refractivity contribution in [3.63, 3.8) is 0 Å². The number of hydrogen-bond acceptors (Lipinski definition) is 5. The Morgan fingerprint density at radius 1 is 1.29 bits per heavy atom. The molecule has 0 spiro atoms. The van der Waals surface area contributed by atoms with Crippen LogP contribution in [-0.2, 0) is 0 Å². The zero-order valence-corrected chi connectivity index (χ0v) is 13.1. The number of nitrogens with one attached hydrogen (secondary N) is 1. The summed E-state index contributed by atoms with van der Waals surface area (Å²) in [6.07, 6.45) is 2.42. The summed E-state index contributed by atoms with van der Waals surface area (Å²) in [7, 11) is 0. The number of rotatable bonds is 7. The lowest BCUT2D eigenvalue weighted by Gasteiger charge is -2.04. The molecule has 0 atom stereocenters. The largest absolute Gasteiger partial charge is 0.494 e. The van der Waals surface area contributed by atoms with Crippen molar-refractivity contribution in [2.75, 3.05) is 6.61 Å². The third kappa shape index (κ3) is 4.91. The highest BCUT2D eigenvalue weighted by atomic mass is 16.6. The zero-order chi connectivity index (χ0) is 17.4. The van der Waals surface area contributed by atoms with Crippen molar-refractivity contribution in [3.8, 4) is 5.75 Å². The van der Waals surface area contributed by atoms with Crippen LogP contribution in [0, 0.1) is 10.1 Å². The maximum Gasteiger partial charge on any atom is 0.271 e. The van der Waals surface area contributed by atoms with E-state index in [1.807, 2.05) is 31.2 Å². The van der Waals surface area contributed by atoms with E-state index in [-0.39, 0.29) is 11.3 Å². The van der Waals surface area contributed by atoms with Crippen LogP contribution in [0.2, 0.25) is 0 Å². The normalized spacial score (nSPS) is 10.5. The summed E-state index contributed by atoms with van der Waals surface area (Å²) in [4.78, 5) is 22.0. The fourth-order valence-corrected chi connectivity index (χ4v) is 1.87. The van der Waals surface area contributed by atoms with Gasteiger partial charge in [-0.25, -0.2) is 5.43 Å². The van der Waals surface area contributed by atoms with E-state index in [1.54, 1.807) is 0 Å². The van der Waals surface area contributed by atoms with Crippen LogP contribution >= 0.6 is 0 Å². The second-order valence-corrected chi connectivity index (χ2v) is 4.92. The highest BCUT2D eigenvalue weighted by Crippen LogP contribution is 2.13. The number of benzene rings is 2. The van der Waals surface area contributed by atoms with Crippen LogP contribution in [0.3, 0.4) is 0 Å². The molecule has 1 amide bonds.